The Labute approximate surface area is 212 Å². The molecule has 1 aliphatic carbocycles. The number of rotatable bonds is 5. The second-order valence-corrected chi connectivity index (χ2v) is 10.8. The van der Waals surface area contributed by atoms with Gasteiger partial charge in [-0.1, -0.05) is 12.1 Å². The Morgan fingerprint density at radius 1 is 1.16 bits per heavy atom. The Bertz CT molecular complexity index is 1340. The molecule has 3 aromatic rings. The number of piperidine rings is 1. The van der Waals surface area contributed by atoms with Crippen LogP contribution in [0.4, 0.5) is 13.2 Å². The average Bonchev–Trinajstić information content (AvgIpc) is 3.23. The summed E-state index contributed by atoms with van der Waals surface area (Å²) in [4.78, 5) is 4.21. The fraction of sp³-hybridized carbons (Fsp3) is 0.481. The molecule has 1 aromatic heterocycles. The van der Waals surface area contributed by atoms with E-state index in [1.54, 1.807) is 31.2 Å². The number of hydrogen-bond acceptors (Lipinski definition) is 6. The van der Waals surface area contributed by atoms with E-state index in [0.29, 0.717) is 36.8 Å². The summed E-state index contributed by atoms with van der Waals surface area (Å²) in [6.45, 7) is 3.65. The number of halogens is 3. The fourth-order valence-corrected chi connectivity index (χ4v) is 5.79. The molecule has 0 unspecified atom stereocenters. The van der Waals surface area contributed by atoms with Crippen LogP contribution in [-0.4, -0.2) is 44.1 Å². The van der Waals surface area contributed by atoms with Crippen LogP contribution in [0.15, 0.2) is 42.7 Å². The topological polar surface area (TPSA) is 103 Å². The number of hydrogen-bond donors (Lipinski definition) is 3. The van der Waals surface area contributed by atoms with Gasteiger partial charge in [0.25, 0.3) is 0 Å². The van der Waals surface area contributed by atoms with Crippen LogP contribution in [-0.2, 0) is 11.8 Å². The summed E-state index contributed by atoms with van der Waals surface area (Å²) in [6.07, 6.45) is -1.75. The van der Waals surface area contributed by atoms with Gasteiger partial charge in [0.1, 0.15) is 12.4 Å². The van der Waals surface area contributed by atoms with Gasteiger partial charge >= 0.3 is 6.18 Å². The third-order valence-corrected chi connectivity index (χ3v) is 7.44. The van der Waals surface area contributed by atoms with Crippen LogP contribution >= 0.6 is 0 Å². The molecule has 0 bridgehead atoms. The van der Waals surface area contributed by atoms with Gasteiger partial charge in [0.05, 0.1) is 45.8 Å². The van der Waals surface area contributed by atoms with E-state index >= 15 is 0 Å². The highest BCUT2D eigenvalue weighted by Crippen LogP contribution is 2.45. The lowest BCUT2D eigenvalue weighted by atomic mass is 9.77. The molecule has 5 rings (SSSR count). The lowest BCUT2D eigenvalue weighted by Crippen LogP contribution is -2.53. The van der Waals surface area contributed by atoms with Crippen LogP contribution in [0.2, 0.25) is 0 Å². The van der Waals surface area contributed by atoms with E-state index in [-0.39, 0.29) is 41.5 Å². The Balaban J connectivity index is 1.37. The lowest BCUT2D eigenvalue weighted by Gasteiger charge is -2.42. The molecule has 0 spiro atoms. The Hall–Kier alpha value is -3.13. The number of benzene rings is 2. The third-order valence-electron chi connectivity index (χ3n) is 7.44. The summed E-state index contributed by atoms with van der Waals surface area (Å²) in [5.74, 6) is 0.0487. The Morgan fingerprint density at radius 3 is 2.49 bits per heavy atom. The van der Waals surface area contributed by atoms with Crippen molar-refractivity contribution in [1.82, 2.24) is 14.9 Å². The van der Waals surface area contributed by atoms with Gasteiger partial charge in [0.2, 0.25) is 0 Å². The standard InChI is InChI=1S/C27H29F3N4O3/c1-16-9-26(36,18-5-3-17(13-31)4-6-18)10-19(33-16)14-37-21-7-22(27(28,29)30)24-23(8-21)32-15-34(24)20-11-25(2,35)12-20/h3-8,15-16,19-20,33,35-36H,9-12,14H2,1-2H3/t16-,19-,20?,25?,26-/m0/s1. The molecule has 37 heavy (non-hydrogen) atoms. The van der Waals surface area contributed by atoms with Crippen LogP contribution < -0.4 is 10.1 Å². The number of imidazole rings is 1. The van der Waals surface area contributed by atoms with E-state index in [1.807, 2.05) is 6.92 Å². The first-order valence-electron chi connectivity index (χ1n) is 12.3. The van der Waals surface area contributed by atoms with E-state index in [9.17, 15) is 23.4 Å². The maximum Gasteiger partial charge on any atom is 0.418 e. The van der Waals surface area contributed by atoms with Crippen LogP contribution in [0.5, 0.6) is 5.75 Å². The van der Waals surface area contributed by atoms with E-state index in [2.05, 4.69) is 16.4 Å². The fourth-order valence-electron chi connectivity index (χ4n) is 5.79. The summed E-state index contributed by atoms with van der Waals surface area (Å²) in [5, 5.41) is 33.9. The number of nitrogens with one attached hydrogen (secondary N) is 1. The monoisotopic (exact) mass is 514 g/mol. The smallest absolute Gasteiger partial charge is 0.418 e. The van der Waals surface area contributed by atoms with Crippen LogP contribution in [0, 0.1) is 11.3 Å². The van der Waals surface area contributed by atoms with Gasteiger partial charge in [-0.15, -0.1) is 0 Å². The Kier molecular flexibility index (Phi) is 6.21. The molecule has 196 valence electrons. The zero-order chi connectivity index (χ0) is 26.6. The molecule has 2 aromatic carbocycles. The predicted octanol–water partition coefficient (Wildman–Crippen LogP) is 4.42. The van der Waals surface area contributed by atoms with Crippen molar-refractivity contribution in [3.63, 3.8) is 0 Å². The van der Waals surface area contributed by atoms with Gasteiger partial charge in [-0.05, 0) is 63.3 Å². The van der Waals surface area contributed by atoms with E-state index in [4.69, 9.17) is 10.00 Å². The van der Waals surface area contributed by atoms with Crippen molar-refractivity contribution < 1.29 is 28.1 Å². The molecule has 7 nitrogen and oxygen atoms in total. The summed E-state index contributed by atoms with van der Waals surface area (Å²) in [5.41, 5.74) is -1.52. The summed E-state index contributed by atoms with van der Waals surface area (Å²) >= 11 is 0. The first-order valence-corrected chi connectivity index (χ1v) is 12.3. The SMILES string of the molecule is C[C@H]1C[C@@](O)(c2ccc(C#N)cc2)C[C@@H](COc2cc(C(F)(F)F)c3c(c2)ncn3C2CC(C)(O)C2)N1. The number of alkyl halides is 3. The molecule has 3 atom stereocenters. The van der Waals surface area contributed by atoms with Crippen molar-refractivity contribution in [3.05, 3.63) is 59.4 Å². The molecule has 0 amide bonds. The summed E-state index contributed by atoms with van der Waals surface area (Å²) in [7, 11) is 0. The molecular formula is C27H29F3N4O3. The first-order chi connectivity index (χ1) is 17.4. The summed E-state index contributed by atoms with van der Waals surface area (Å²) < 4.78 is 49.6. The Morgan fingerprint density at radius 2 is 1.86 bits per heavy atom. The largest absolute Gasteiger partial charge is 0.492 e. The van der Waals surface area contributed by atoms with Crippen LogP contribution in [0.3, 0.4) is 0 Å². The van der Waals surface area contributed by atoms with Crippen molar-refractivity contribution in [2.24, 2.45) is 0 Å². The van der Waals surface area contributed by atoms with Crippen molar-refractivity contribution in [3.8, 4) is 11.8 Å². The lowest BCUT2D eigenvalue weighted by molar-refractivity contribution is -0.136. The van der Waals surface area contributed by atoms with E-state index in [0.717, 1.165) is 6.07 Å². The zero-order valence-electron chi connectivity index (χ0n) is 20.6. The minimum absolute atomic E-state index is 0.0139. The molecule has 1 saturated heterocycles. The number of nitrogens with zero attached hydrogens (tertiary/aromatic N) is 3. The average molecular weight is 515 g/mol. The molecular weight excluding hydrogens is 485 g/mol. The molecule has 2 fully saturated rings. The van der Waals surface area contributed by atoms with Gasteiger partial charge in [0, 0.05) is 24.2 Å². The summed E-state index contributed by atoms with van der Waals surface area (Å²) in [6, 6.07) is 10.7. The maximum absolute atomic E-state index is 14.1. The van der Waals surface area contributed by atoms with E-state index in [1.165, 1.54) is 17.0 Å². The number of fused-ring (bicyclic) bond motifs is 1. The van der Waals surface area contributed by atoms with Crippen molar-refractivity contribution >= 4 is 11.0 Å². The predicted molar refractivity (Wildman–Crippen MR) is 130 cm³/mol. The van der Waals surface area contributed by atoms with Gasteiger partial charge in [-0.25, -0.2) is 4.98 Å². The van der Waals surface area contributed by atoms with Crippen molar-refractivity contribution in [2.75, 3.05) is 6.61 Å². The molecule has 2 heterocycles. The van der Waals surface area contributed by atoms with Gasteiger partial charge in [-0.2, -0.15) is 18.4 Å². The van der Waals surface area contributed by atoms with Gasteiger partial charge in [-0.3, -0.25) is 0 Å². The van der Waals surface area contributed by atoms with Gasteiger partial charge in [0.15, 0.2) is 0 Å². The first kappa shape index (κ1) is 25.5. The molecule has 2 aliphatic rings. The number of nitriles is 1. The maximum atomic E-state index is 14.1. The highest BCUT2D eigenvalue weighted by molar-refractivity contribution is 5.82. The van der Waals surface area contributed by atoms with Crippen LogP contribution in [0.1, 0.15) is 62.3 Å². The minimum atomic E-state index is -4.62. The molecule has 1 aliphatic heterocycles. The van der Waals surface area contributed by atoms with Crippen molar-refractivity contribution in [1.29, 1.82) is 5.26 Å². The number of aromatic nitrogens is 2. The molecule has 10 heteroatoms. The highest BCUT2D eigenvalue weighted by Gasteiger charge is 2.43. The zero-order valence-corrected chi connectivity index (χ0v) is 20.6. The van der Waals surface area contributed by atoms with E-state index < -0.39 is 22.9 Å². The molecule has 0 radical (unpaired) electrons. The minimum Gasteiger partial charge on any atom is -0.492 e. The van der Waals surface area contributed by atoms with Crippen LogP contribution in [0.25, 0.3) is 11.0 Å². The second-order valence-electron chi connectivity index (χ2n) is 10.8. The quantitative estimate of drug-likeness (QED) is 0.466. The third kappa shape index (κ3) is 5.04. The highest BCUT2D eigenvalue weighted by atomic mass is 19.4. The van der Waals surface area contributed by atoms with Gasteiger partial charge < -0.3 is 24.8 Å². The molecule has 3 N–H and O–H groups in total. The van der Waals surface area contributed by atoms with Crippen molar-refractivity contribution in [2.45, 2.75) is 75.0 Å². The number of ether oxygens (including phenoxy) is 1. The molecule has 1 saturated carbocycles. The second kappa shape index (κ2) is 9.01. The number of aliphatic hydroxyl groups is 2. The normalized spacial score (nSPS) is 30.1.